The number of nitrogens with one attached hydrogen (secondary N) is 2. The third-order valence-electron chi connectivity index (χ3n) is 3.95. The fourth-order valence-electron chi connectivity index (χ4n) is 2.78. The Kier molecular flexibility index (Phi) is 5.63. The Labute approximate surface area is 172 Å². The van der Waals surface area contributed by atoms with Crippen LogP contribution in [0.1, 0.15) is 15.9 Å². The molecule has 3 aromatic rings. The van der Waals surface area contributed by atoms with E-state index >= 15 is 0 Å². The Bertz CT molecular complexity index is 1210. The molecule has 152 valence electrons. The van der Waals surface area contributed by atoms with Crippen molar-refractivity contribution in [2.75, 3.05) is 16.3 Å². The van der Waals surface area contributed by atoms with Gasteiger partial charge in [-0.05, 0) is 42.8 Å². The second kappa shape index (κ2) is 7.84. The van der Waals surface area contributed by atoms with Gasteiger partial charge in [-0.15, -0.1) is 0 Å². The minimum atomic E-state index is -3.50. The quantitative estimate of drug-likeness (QED) is 0.636. The first-order chi connectivity index (χ1) is 13.5. The first-order valence-electron chi connectivity index (χ1n) is 8.40. The highest BCUT2D eigenvalue weighted by atomic mass is 35.5. The lowest BCUT2D eigenvalue weighted by atomic mass is 10.2. The molecule has 3 rings (SSSR count). The van der Waals surface area contributed by atoms with E-state index in [2.05, 4.69) is 15.0 Å². The standard InChI is InChI=1S/C19H18ClFN4O3S/c1-11-4-16(21)18(22-9-11)17-5-12(10-25(17)2)19(26)23-14-6-13(20)7-15(8-14)24-29(3,27)28/h4-10,24H,1-3H3,(H,23,26). The number of sulfonamides is 1. The van der Waals surface area contributed by atoms with Gasteiger partial charge in [0.25, 0.3) is 5.91 Å². The highest BCUT2D eigenvalue weighted by Crippen LogP contribution is 2.26. The van der Waals surface area contributed by atoms with Gasteiger partial charge in [-0.25, -0.2) is 12.8 Å². The molecule has 0 atom stereocenters. The van der Waals surface area contributed by atoms with Gasteiger partial charge in [0.1, 0.15) is 5.69 Å². The molecular formula is C19H18ClFN4O3S. The lowest BCUT2D eigenvalue weighted by Gasteiger charge is -2.09. The van der Waals surface area contributed by atoms with Crippen LogP contribution in [0, 0.1) is 12.7 Å². The summed E-state index contributed by atoms with van der Waals surface area (Å²) in [6.07, 6.45) is 4.11. The van der Waals surface area contributed by atoms with Crippen LogP contribution in [0.5, 0.6) is 0 Å². The lowest BCUT2D eigenvalue weighted by Crippen LogP contribution is -2.13. The fourth-order valence-corrected chi connectivity index (χ4v) is 3.57. The van der Waals surface area contributed by atoms with Crippen LogP contribution < -0.4 is 10.0 Å². The van der Waals surface area contributed by atoms with Crippen LogP contribution in [0.25, 0.3) is 11.4 Å². The van der Waals surface area contributed by atoms with Gasteiger partial charge < -0.3 is 9.88 Å². The van der Waals surface area contributed by atoms with E-state index in [1.807, 2.05) is 0 Å². The van der Waals surface area contributed by atoms with Crippen molar-refractivity contribution in [2.24, 2.45) is 7.05 Å². The minimum Gasteiger partial charge on any atom is -0.348 e. The summed E-state index contributed by atoms with van der Waals surface area (Å²) in [4.78, 5) is 16.8. The smallest absolute Gasteiger partial charge is 0.257 e. The monoisotopic (exact) mass is 436 g/mol. The van der Waals surface area contributed by atoms with Crippen LogP contribution in [-0.4, -0.2) is 30.1 Å². The number of carbonyl (C=O) groups is 1. The average molecular weight is 437 g/mol. The molecule has 7 nitrogen and oxygen atoms in total. The van der Waals surface area contributed by atoms with E-state index in [1.165, 1.54) is 30.3 Å². The fraction of sp³-hybridized carbons (Fsp3) is 0.158. The maximum Gasteiger partial charge on any atom is 0.257 e. The summed E-state index contributed by atoms with van der Waals surface area (Å²) in [5.74, 6) is -0.948. The molecule has 0 radical (unpaired) electrons. The maximum atomic E-state index is 14.3. The molecule has 29 heavy (non-hydrogen) atoms. The molecule has 10 heteroatoms. The summed E-state index contributed by atoms with van der Waals surface area (Å²) < 4.78 is 41.0. The Morgan fingerprint density at radius 1 is 1.17 bits per heavy atom. The molecule has 2 aromatic heterocycles. The van der Waals surface area contributed by atoms with Gasteiger partial charge in [0, 0.05) is 30.2 Å². The van der Waals surface area contributed by atoms with Crippen LogP contribution >= 0.6 is 11.6 Å². The number of amides is 1. The van der Waals surface area contributed by atoms with Crippen molar-refractivity contribution in [2.45, 2.75) is 6.92 Å². The molecule has 0 aliphatic carbocycles. The number of rotatable bonds is 5. The van der Waals surface area contributed by atoms with Crippen molar-refractivity contribution in [3.8, 4) is 11.4 Å². The first-order valence-corrected chi connectivity index (χ1v) is 10.7. The summed E-state index contributed by atoms with van der Waals surface area (Å²) in [7, 11) is -1.82. The Balaban J connectivity index is 1.87. The molecule has 2 N–H and O–H groups in total. The van der Waals surface area contributed by atoms with Crippen molar-refractivity contribution in [3.05, 3.63) is 64.7 Å². The molecule has 0 aliphatic rings. The topological polar surface area (TPSA) is 93.1 Å². The number of aryl methyl sites for hydroxylation is 2. The molecule has 0 fully saturated rings. The molecule has 0 unspecified atom stereocenters. The maximum absolute atomic E-state index is 14.3. The van der Waals surface area contributed by atoms with E-state index in [4.69, 9.17) is 11.6 Å². The van der Waals surface area contributed by atoms with Crippen molar-refractivity contribution in [1.82, 2.24) is 9.55 Å². The van der Waals surface area contributed by atoms with E-state index in [1.54, 1.807) is 30.9 Å². The number of pyridine rings is 1. The largest absolute Gasteiger partial charge is 0.348 e. The summed E-state index contributed by atoms with van der Waals surface area (Å²) >= 11 is 6.01. The zero-order valence-electron chi connectivity index (χ0n) is 15.8. The summed E-state index contributed by atoms with van der Waals surface area (Å²) in [6.45, 7) is 1.74. The van der Waals surface area contributed by atoms with Crippen LogP contribution in [0.3, 0.4) is 0 Å². The van der Waals surface area contributed by atoms with Gasteiger partial charge in [0.2, 0.25) is 10.0 Å². The first kappa shape index (κ1) is 20.8. The summed E-state index contributed by atoms with van der Waals surface area (Å²) in [5.41, 5.74) is 2.08. The zero-order chi connectivity index (χ0) is 21.3. The van der Waals surface area contributed by atoms with Gasteiger partial charge in [0.15, 0.2) is 5.82 Å². The Morgan fingerprint density at radius 3 is 2.52 bits per heavy atom. The number of carbonyl (C=O) groups excluding carboxylic acids is 1. The van der Waals surface area contributed by atoms with Gasteiger partial charge in [-0.2, -0.15) is 0 Å². The van der Waals surface area contributed by atoms with Crippen LogP contribution in [0.4, 0.5) is 15.8 Å². The van der Waals surface area contributed by atoms with Gasteiger partial charge in [-0.3, -0.25) is 14.5 Å². The lowest BCUT2D eigenvalue weighted by molar-refractivity contribution is 0.102. The molecule has 0 saturated heterocycles. The van der Waals surface area contributed by atoms with Crippen molar-refractivity contribution < 1.29 is 17.6 Å². The van der Waals surface area contributed by atoms with E-state index < -0.39 is 21.7 Å². The molecule has 0 aliphatic heterocycles. The molecule has 0 bridgehead atoms. The summed E-state index contributed by atoms with van der Waals surface area (Å²) in [6, 6.07) is 7.24. The Hall–Kier alpha value is -2.91. The van der Waals surface area contributed by atoms with Gasteiger partial charge in [-0.1, -0.05) is 11.6 Å². The van der Waals surface area contributed by atoms with Gasteiger partial charge in [0.05, 0.1) is 23.2 Å². The SMILES string of the molecule is Cc1cnc(-c2cc(C(=O)Nc3cc(Cl)cc(NS(C)(=O)=O)c3)cn2C)c(F)c1. The van der Waals surface area contributed by atoms with Gasteiger partial charge >= 0.3 is 0 Å². The molecular weight excluding hydrogens is 419 g/mol. The number of aromatic nitrogens is 2. The van der Waals surface area contributed by atoms with Crippen molar-refractivity contribution >= 4 is 38.9 Å². The van der Waals surface area contributed by atoms with Crippen molar-refractivity contribution in [3.63, 3.8) is 0 Å². The third-order valence-corrected chi connectivity index (χ3v) is 4.77. The van der Waals surface area contributed by atoms with E-state index in [0.29, 0.717) is 16.9 Å². The molecule has 2 heterocycles. The highest BCUT2D eigenvalue weighted by molar-refractivity contribution is 7.92. The molecule has 0 saturated carbocycles. The molecule has 1 aromatic carbocycles. The third kappa shape index (κ3) is 5.12. The molecule has 1 amide bonds. The normalized spacial score (nSPS) is 11.3. The van der Waals surface area contributed by atoms with E-state index in [9.17, 15) is 17.6 Å². The van der Waals surface area contributed by atoms with E-state index in [-0.39, 0.29) is 22.0 Å². The van der Waals surface area contributed by atoms with Crippen molar-refractivity contribution in [1.29, 1.82) is 0 Å². The number of halogens is 2. The minimum absolute atomic E-state index is 0.138. The Morgan fingerprint density at radius 2 is 1.86 bits per heavy atom. The number of hydrogen-bond acceptors (Lipinski definition) is 4. The predicted octanol–water partition coefficient (Wildman–Crippen LogP) is 3.81. The number of benzene rings is 1. The zero-order valence-corrected chi connectivity index (χ0v) is 17.4. The van der Waals surface area contributed by atoms with E-state index in [0.717, 1.165) is 6.26 Å². The second-order valence-electron chi connectivity index (χ2n) is 6.62. The highest BCUT2D eigenvalue weighted by Gasteiger charge is 2.16. The summed E-state index contributed by atoms with van der Waals surface area (Å²) in [5, 5.41) is 2.90. The second-order valence-corrected chi connectivity index (χ2v) is 8.81. The predicted molar refractivity (Wildman–Crippen MR) is 111 cm³/mol. The van der Waals surface area contributed by atoms with Crippen LogP contribution in [0.2, 0.25) is 5.02 Å². The number of hydrogen-bond donors (Lipinski definition) is 2. The molecule has 0 spiro atoms. The van der Waals surface area contributed by atoms with Crippen LogP contribution in [-0.2, 0) is 17.1 Å². The number of nitrogens with zero attached hydrogens (tertiary/aromatic N) is 2. The average Bonchev–Trinajstić information content (AvgIpc) is 2.94. The number of anilines is 2. The van der Waals surface area contributed by atoms with Crippen LogP contribution in [0.15, 0.2) is 42.7 Å².